The Bertz CT molecular complexity index is 1540. The Morgan fingerprint density at radius 3 is 2.49 bits per heavy atom. The molecule has 5 rings (SSSR count). The van der Waals surface area contributed by atoms with Crippen LogP contribution in [0.25, 0.3) is 17.0 Å². The second-order valence-corrected chi connectivity index (χ2v) is 8.58. The molecule has 0 saturated carbocycles. The van der Waals surface area contributed by atoms with Crippen LogP contribution in [0.15, 0.2) is 78.9 Å². The van der Waals surface area contributed by atoms with Crippen LogP contribution in [-0.4, -0.2) is 33.8 Å². The molecule has 1 heterocycles. The fourth-order valence-electron chi connectivity index (χ4n) is 4.51. The van der Waals surface area contributed by atoms with Crippen LogP contribution in [0.4, 0.5) is 5.82 Å². The SMILES string of the molecule is COc1ccccc1C(=O)NCc1ccc(-c2nn(C3C=C(O)c4ccccc43)c(N)c2C(N)=O)cc1. The molecule has 1 aliphatic rings. The summed E-state index contributed by atoms with van der Waals surface area (Å²) in [5.41, 5.74) is 15.9. The van der Waals surface area contributed by atoms with E-state index in [1.54, 1.807) is 42.5 Å². The van der Waals surface area contributed by atoms with Crippen molar-refractivity contribution in [1.29, 1.82) is 0 Å². The normalized spacial score (nSPS) is 14.1. The smallest absolute Gasteiger partial charge is 0.255 e. The van der Waals surface area contributed by atoms with Crippen molar-refractivity contribution in [3.63, 3.8) is 0 Å². The molecule has 1 unspecified atom stereocenters. The number of carbonyl (C=O) groups is 2. The summed E-state index contributed by atoms with van der Waals surface area (Å²) in [5, 5.41) is 17.9. The second kappa shape index (κ2) is 9.54. The number of rotatable bonds is 7. The van der Waals surface area contributed by atoms with Crippen LogP contribution in [0.2, 0.25) is 0 Å². The van der Waals surface area contributed by atoms with Crippen molar-refractivity contribution < 1.29 is 19.4 Å². The molecule has 2 amide bonds. The van der Waals surface area contributed by atoms with E-state index >= 15 is 0 Å². The molecule has 0 saturated heterocycles. The molecule has 1 atom stereocenters. The molecule has 4 aromatic rings. The molecule has 1 aromatic heterocycles. The number of aliphatic hydroxyl groups is 1. The van der Waals surface area contributed by atoms with Crippen molar-refractivity contribution in [3.05, 3.63) is 107 Å². The molecule has 1 aliphatic carbocycles. The topological polar surface area (TPSA) is 145 Å². The third kappa shape index (κ3) is 4.27. The minimum atomic E-state index is -0.702. The monoisotopic (exact) mass is 495 g/mol. The summed E-state index contributed by atoms with van der Waals surface area (Å²) < 4.78 is 6.75. The van der Waals surface area contributed by atoms with Crippen molar-refractivity contribution >= 4 is 23.4 Å². The van der Waals surface area contributed by atoms with Crippen LogP contribution in [0.1, 0.15) is 43.4 Å². The van der Waals surface area contributed by atoms with Gasteiger partial charge in [0.1, 0.15) is 34.6 Å². The number of methoxy groups -OCH3 is 1. The molecular formula is C28H25N5O4. The third-order valence-electron chi connectivity index (χ3n) is 6.36. The van der Waals surface area contributed by atoms with Gasteiger partial charge in [-0.2, -0.15) is 5.10 Å². The van der Waals surface area contributed by atoms with Gasteiger partial charge in [-0.25, -0.2) is 4.68 Å². The number of para-hydroxylation sites is 1. The first kappa shape index (κ1) is 23.7. The van der Waals surface area contributed by atoms with Crippen LogP contribution in [0.3, 0.4) is 0 Å². The number of amides is 2. The number of aliphatic hydroxyl groups excluding tert-OH is 1. The summed E-state index contributed by atoms with van der Waals surface area (Å²) >= 11 is 0. The van der Waals surface area contributed by atoms with Crippen LogP contribution in [0.5, 0.6) is 5.75 Å². The van der Waals surface area contributed by atoms with E-state index in [0.29, 0.717) is 34.7 Å². The van der Waals surface area contributed by atoms with Gasteiger partial charge in [-0.3, -0.25) is 9.59 Å². The van der Waals surface area contributed by atoms with Crippen molar-refractivity contribution in [2.45, 2.75) is 12.6 Å². The highest BCUT2D eigenvalue weighted by molar-refractivity contribution is 6.03. The van der Waals surface area contributed by atoms with Gasteiger partial charge >= 0.3 is 0 Å². The number of nitrogens with zero attached hydrogens (tertiary/aromatic N) is 2. The Balaban J connectivity index is 1.40. The number of aromatic nitrogens is 2. The van der Waals surface area contributed by atoms with E-state index in [9.17, 15) is 14.7 Å². The van der Waals surface area contributed by atoms with Crippen molar-refractivity contribution in [3.8, 4) is 17.0 Å². The van der Waals surface area contributed by atoms with Gasteiger partial charge in [-0.1, -0.05) is 60.7 Å². The minimum Gasteiger partial charge on any atom is -0.508 e. The molecule has 3 aromatic carbocycles. The van der Waals surface area contributed by atoms with Crippen LogP contribution in [-0.2, 0) is 6.54 Å². The predicted octanol–water partition coefficient (Wildman–Crippen LogP) is 3.67. The first-order valence-corrected chi connectivity index (χ1v) is 11.6. The number of anilines is 1. The zero-order valence-corrected chi connectivity index (χ0v) is 20.0. The summed E-state index contributed by atoms with van der Waals surface area (Å²) in [4.78, 5) is 24.9. The highest BCUT2D eigenvalue weighted by Crippen LogP contribution is 2.38. The van der Waals surface area contributed by atoms with Crippen molar-refractivity contribution in [2.24, 2.45) is 5.73 Å². The van der Waals surface area contributed by atoms with E-state index < -0.39 is 11.9 Å². The van der Waals surface area contributed by atoms with E-state index in [0.717, 1.165) is 11.1 Å². The average molecular weight is 496 g/mol. The molecule has 0 fully saturated rings. The molecule has 0 radical (unpaired) electrons. The average Bonchev–Trinajstić information content (AvgIpc) is 3.44. The maximum atomic E-state index is 12.6. The van der Waals surface area contributed by atoms with Gasteiger partial charge in [0.15, 0.2) is 0 Å². The number of fused-ring (bicyclic) bond motifs is 1. The Kier molecular flexibility index (Phi) is 6.10. The number of nitrogens with two attached hydrogens (primary N) is 2. The lowest BCUT2D eigenvalue weighted by atomic mass is 10.0. The number of nitrogen functional groups attached to an aromatic ring is 1. The fraction of sp³-hybridized carbons (Fsp3) is 0.107. The number of hydrogen-bond donors (Lipinski definition) is 4. The first-order valence-electron chi connectivity index (χ1n) is 11.6. The molecule has 0 spiro atoms. The molecule has 0 bridgehead atoms. The quantitative estimate of drug-likeness (QED) is 0.308. The van der Waals surface area contributed by atoms with Crippen LogP contribution < -0.4 is 21.5 Å². The number of ether oxygens (including phenoxy) is 1. The van der Waals surface area contributed by atoms with Gasteiger partial charge < -0.3 is 26.6 Å². The third-order valence-corrected chi connectivity index (χ3v) is 6.36. The summed E-state index contributed by atoms with van der Waals surface area (Å²) in [7, 11) is 1.52. The van der Waals surface area contributed by atoms with Gasteiger partial charge in [0.25, 0.3) is 11.8 Å². The van der Waals surface area contributed by atoms with Crippen molar-refractivity contribution in [2.75, 3.05) is 12.8 Å². The van der Waals surface area contributed by atoms with Crippen molar-refractivity contribution in [1.82, 2.24) is 15.1 Å². The molecule has 6 N–H and O–H groups in total. The Morgan fingerprint density at radius 2 is 1.76 bits per heavy atom. The molecule has 186 valence electrons. The minimum absolute atomic E-state index is 0.106. The lowest BCUT2D eigenvalue weighted by Gasteiger charge is -2.13. The molecule has 0 aliphatic heterocycles. The van der Waals surface area contributed by atoms with E-state index in [1.165, 1.54) is 11.8 Å². The molecule has 9 nitrogen and oxygen atoms in total. The number of carbonyl (C=O) groups excluding carboxylic acids is 2. The highest BCUT2D eigenvalue weighted by atomic mass is 16.5. The summed E-state index contributed by atoms with van der Waals surface area (Å²) in [6.45, 7) is 0.291. The van der Waals surface area contributed by atoms with E-state index in [-0.39, 0.29) is 23.0 Å². The number of allylic oxidation sites excluding steroid dienone is 1. The Morgan fingerprint density at radius 1 is 1.05 bits per heavy atom. The van der Waals surface area contributed by atoms with Gasteiger partial charge in [0.05, 0.1) is 12.7 Å². The zero-order chi connectivity index (χ0) is 26.1. The largest absolute Gasteiger partial charge is 0.508 e. The highest BCUT2D eigenvalue weighted by Gasteiger charge is 2.30. The lowest BCUT2D eigenvalue weighted by molar-refractivity contribution is 0.0946. The van der Waals surface area contributed by atoms with Gasteiger partial charge in [-0.15, -0.1) is 0 Å². The Hall–Kier alpha value is -5.05. The number of benzene rings is 3. The predicted molar refractivity (Wildman–Crippen MR) is 140 cm³/mol. The maximum Gasteiger partial charge on any atom is 0.255 e. The number of hydrogen-bond acceptors (Lipinski definition) is 6. The second-order valence-electron chi connectivity index (χ2n) is 8.58. The standard InChI is InChI=1S/C28H25N5O4/c1-37-23-9-5-4-8-20(23)28(36)31-15-16-10-12-17(13-11-16)25-24(27(30)35)26(29)33(32-25)21-14-22(34)19-7-3-2-6-18(19)21/h2-14,21,34H,15,29H2,1H3,(H2,30,35)(H,31,36). The molecule has 37 heavy (non-hydrogen) atoms. The maximum absolute atomic E-state index is 12.6. The lowest BCUT2D eigenvalue weighted by Crippen LogP contribution is -2.23. The van der Waals surface area contributed by atoms with E-state index in [2.05, 4.69) is 10.4 Å². The van der Waals surface area contributed by atoms with Crippen LogP contribution >= 0.6 is 0 Å². The first-order chi connectivity index (χ1) is 17.9. The zero-order valence-electron chi connectivity index (χ0n) is 20.0. The Labute approximate surface area is 213 Å². The van der Waals surface area contributed by atoms with Gasteiger partial charge in [-0.05, 0) is 29.3 Å². The summed E-state index contributed by atoms with van der Waals surface area (Å²) in [6, 6.07) is 21.1. The summed E-state index contributed by atoms with van der Waals surface area (Å²) in [6.07, 6.45) is 1.64. The van der Waals surface area contributed by atoms with E-state index in [1.807, 2.05) is 36.4 Å². The number of nitrogens with one attached hydrogen (secondary N) is 1. The van der Waals surface area contributed by atoms with Gasteiger partial charge in [0, 0.05) is 17.7 Å². The number of primary amides is 1. The summed E-state index contributed by atoms with van der Waals surface area (Å²) in [5.74, 6) is -0.224. The van der Waals surface area contributed by atoms with Crippen LogP contribution in [0, 0.1) is 0 Å². The molecule has 9 heteroatoms. The molecular weight excluding hydrogens is 470 g/mol. The van der Waals surface area contributed by atoms with E-state index in [4.69, 9.17) is 16.2 Å². The van der Waals surface area contributed by atoms with Gasteiger partial charge in [0.2, 0.25) is 0 Å². The fourth-order valence-corrected chi connectivity index (χ4v) is 4.51.